The highest BCUT2D eigenvalue weighted by Gasteiger charge is 2.32. The smallest absolute Gasteiger partial charge is 0.239 e. The number of piperidine rings is 1. The molecule has 0 aromatic heterocycles. The second-order valence-electron chi connectivity index (χ2n) is 6.10. The van der Waals surface area contributed by atoms with E-state index in [-0.39, 0.29) is 6.04 Å². The Morgan fingerprint density at radius 3 is 2.78 bits per heavy atom. The lowest BCUT2D eigenvalue weighted by molar-refractivity contribution is -0.136. The van der Waals surface area contributed by atoms with Gasteiger partial charge in [0.1, 0.15) is 0 Å². The molecule has 3 atom stereocenters. The Kier molecular flexibility index (Phi) is 5.04. The summed E-state index contributed by atoms with van der Waals surface area (Å²) >= 11 is 0. The minimum absolute atomic E-state index is 0.0930. The van der Waals surface area contributed by atoms with E-state index in [0.29, 0.717) is 5.91 Å². The van der Waals surface area contributed by atoms with Gasteiger partial charge in [0.15, 0.2) is 0 Å². The number of amides is 1. The monoisotopic (exact) mass is 252 g/mol. The Morgan fingerprint density at radius 1 is 1.28 bits per heavy atom. The maximum atomic E-state index is 12.4. The third-order valence-electron chi connectivity index (χ3n) is 4.67. The van der Waals surface area contributed by atoms with Crippen LogP contribution in [0.1, 0.15) is 52.4 Å². The highest BCUT2D eigenvalue weighted by Crippen LogP contribution is 2.32. The molecule has 0 spiro atoms. The fourth-order valence-electron chi connectivity index (χ4n) is 3.41. The van der Waals surface area contributed by atoms with Gasteiger partial charge in [-0.2, -0.15) is 0 Å². The Bertz CT molecular complexity index is 280. The zero-order chi connectivity index (χ0) is 13.0. The van der Waals surface area contributed by atoms with Gasteiger partial charge >= 0.3 is 0 Å². The third-order valence-corrected chi connectivity index (χ3v) is 4.67. The fraction of sp³-hybridized carbons (Fsp3) is 0.933. The van der Waals surface area contributed by atoms with E-state index in [0.717, 1.165) is 50.7 Å². The van der Waals surface area contributed by atoms with Crippen LogP contribution in [0, 0.1) is 11.8 Å². The zero-order valence-electron chi connectivity index (χ0n) is 12.0. The predicted octanol–water partition coefficient (Wildman–Crippen LogP) is 2.41. The van der Waals surface area contributed by atoms with Gasteiger partial charge < -0.3 is 10.2 Å². The molecule has 2 rings (SSSR count). The van der Waals surface area contributed by atoms with Crippen molar-refractivity contribution < 1.29 is 4.79 Å². The van der Waals surface area contributed by atoms with Gasteiger partial charge in [-0.05, 0) is 44.1 Å². The summed E-state index contributed by atoms with van der Waals surface area (Å²) in [6.07, 6.45) is 7.31. The molecule has 1 saturated carbocycles. The molecule has 0 bridgehead atoms. The Balaban J connectivity index is 1.85. The van der Waals surface area contributed by atoms with Crippen LogP contribution in [0.15, 0.2) is 0 Å². The quantitative estimate of drug-likeness (QED) is 0.815. The van der Waals surface area contributed by atoms with Crippen LogP contribution >= 0.6 is 0 Å². The molecule has 1 aliphatic carbocycles. The lowest BCUT2D eigenvalue weighted by atomic mass is 9.95. The van der Waals surface area contributed by atoms with Gasteiger partial charge in [-0.15, -0.1) is 0 Å². The molecule has 2 fully saturated rings. The Labute approximate surface area is 111 Å². The summed E-state index contributed by atoms with van der Waals surface area (Å²) in [5, 5.41) is 3.40. The normalized spacial score (nSPS) is 33.1. The van der Waals surface area contributed by atoms with E-state index in [1.165, 1.54) is 19.3 Å². The van der Waals surface area contributed by atoms with Crippen molar-refractivity contribution in [3.63, 3.8) is 0 Å². The standard InChI is InChI=1S/C15H28N2O/c1-3-9-16-14-8-5-10-17(15(14)18)11-13-7-4-6-12(13)2/h12-14,16H,3-11H2,1-2H3. The average Bonchev–Trinajstić information content (AvgIpc) is 2.76. The third kappa shape index (κ3) is 3.25. The summed E-state index contributed by atoms with van der Waals surface area (Å²) in [6.45, 7) is 7.44. The predicted molar refractivity (Wildman–Crippen MR) is 74.4 cm³/mol. The first-order valence-electron chi connectivity index (χ1n) is 7.74. The SMILES string of the molecule is CCCNC1CCCN(CC2CCCC2C)C1=O. The van der Waals surface area contributed by atoms with Crippen LogP contribution < -0.4 is 5.32 Å². The van der Waals surface area contributed by atoms with E-state index in [4.69, 9.17) is 0 Å². The summed E-state index contributed by atoms with van der Waals surface area (Å²) in [6, 6.07) is 0.0930. The number of nitrogens with zero attached hydrogens (tertiary/aromatic N) is 1. The molecule has 1 saturated heterocycles. The second-order valence-corrected chi connectivity index (χ2v) is 6.10. The highest BCUT2D eigenvalue weighted by atomic mass is 16.2. The number of nitrogens with one attached hydrogen (secondary N) is 1. The fourth-order valence-corrected chi connectivity index (χ4v) is 3.41. The zero-order valence-corrected chi connectivity index (χ0v) is 12.0. The van der Waals surface area contributed by atoms with Crippen molar-refractivity contribution >= 4 is 5.91 Å². The highest BCUT2D eigenvalue weighted by molar-refractivity contribution is 5.82. The summed E-state index contributed by atoms with van der Waals surface area (Å²) in [5.41, 5.74) is 0. The van der Waals surface area contributed by atoms with Crippen molar-refractivity contribution in [2.75, 3.05) is 19.6 Å². The first kappa shape index (κ1) is 13.9. The van der Waals surface area contributed by atoms with Gasteiger partial charge in [-0.3, -0.25) is 4.79 Å². The topological polar surface area (TPSA) is 32.3 Å². The van der Waals surface area contributed by atoms with Crippen LogP contribution in [0.3, 0.4) is 0 Å². The molecule has 1 N–H and O–H groups in total. The Hall–Kier alpha value is -0.570. The summed E-state index contributed by atoms with van der Waals surface area (Å²) in [5.74, 6) is 1.91. The molecule has 0 radical (unpaired) electrons. The number of hydrogen-bond donors (Lipinski definition) is 1. The summed E-state index contributed by atoms with van der Waals surface area (Å²) < 4.78 is 0. The van der Waals surface area contributed by atoms with Crippen LogP contribution in [-0.4, -0.2) is 36.5 Å². The number of rotatable bonds is 5. The second kappa shape index (κ2) is 6.55. The molecule has 104 valence electrons. The summed E-state index contributed by atoms with van der Waals surface area (Å²) in [4.78, 5) is 14.5. The van der Waals surface area contributed by atoms with Crippen LogP contribution in [0.5, 0.6) is 0 Å². The maximum Gasteiger partial charge on any atom is 0.239 e. The number of carbonyl (C=O) groups is 1. The van der Waals surface area contributed by atoms with E-state index in [9.17, 15) is 4.79 Å². The van der Waals surface area contributed by atoms with Gasteiger partial charge in [0.25, 0.3) is 0 Å². The molecule has 1 heterocycles. The van der Waals surface area contributed by atoms with Crippen LogP contribution in [0.2, 0.25) is 0 Å². The molecule has 3 unspecified atom stereocenters. The summed E-state index contributed by atoms with van der Waals surface area (Å²) in [7, 11) is 0. The molecule has 3 nitrogen and oxygen atoms in total. The Morgan fingerprint density at radius 2 is 2.11 bits per heavy atom. The molecular weight excluding hydrogens is 224 g/mol. The molecule has 0 aromatic carbocycles. The minimum atomic E-state index is 0.0930. The minimum Gasteiger partial charge on any atom is -0.341 e. The van der Waals surface area contributed by atoms with E-state index in [1.807, 2.05) is 0 Å². The van der Waals surface area contributed by atoms with Crippen LogP contribution in [0.4, 0.5) is 0 Å². The lowest BCUT2D eigenvalue weighted by Gasteiger charge is -2.35. The van der Waals surface area contributed by atoms with Crippen molar-refractivity contribution in [2.24, 2.45) is 11.8 Å². The van der Waals surface area contributed by atoms with Crippen molar-refractivity contribution in [2.45, 2.75) is 58.4 Å². The molecule has 0 aromatic rings. The molecule has 1 aliphatic heterocycles. The molecule has 2 aliphatic rings. The molecule has 1 amide bonds. The van der Waals surface area contributed by atoms with E-state index in [2.05, 4.69) is 24.1 Å². The van der Waals surface area contributed by atoms with Crippen molar-refractivity contribution in [3.8, 4) is 0 Å². The molecular formula is C15H28N2O. The largest absolute Gasteiger partial charge is 0.341 e. The first-order chi connectivity index (χ1) is 8.72. The van der Waals surface area contributed by atoms with E-state index < -0.39 is 0 Å². The van der Waals surface area contributed by atoms with Gasteiger partial charge in [0.2, 0.25) is 5.91 Å². The number of hydrogen-bond acceptors (Lipinski definition) is 2. The van der Waals surface area contributed by atoms with Crippen LogP contribution in [-0.2, 0) is 4.79 Å². The van der Waals surface area contributed by atoms with Gasteiger partial charge in [0.05, 0.1) is 6.04 Å². The molecule has 3 heteroatoms. The van der Waals surface area contributed by atoms with Crippen molar-refractivity contribution in [3.05, 3.63) is 0 Å². The van der Waals surface area contributed by atoms with Gasteiger partial charge in [-0.25, -0.2) is 0 Å². The number of likely N-dealkylation sites (tertiary alicyclic amines) is 1. The maximum absolute atomic E-state index is 12.4. The van der Waals surface area contributed by atoms with E-state index >= 15 is 0 Å². The van der Waals surface area contributed by atoms with Crippen molar-refractivity contribution in [1.29, 1.82) is 0 Å². The van der Waals surface area contributed by atoms with Gasteiger partial charge in [-0.1, -0.05) is 26.7 Å². The van der Waals surface area contributed by atoms with Crippen molar-refractivity contribution in [1.82, 2.24) is 10.2 Å². The lowest BCUT2D eigenvalue weighted by Crippen LogP contribution is -2.52. The van der Waals surface area contributed by atoms with Gasteiger partial charge in [0, 0.05) is 13.1 Å². The number of carbonyl (C=O) groups excluding carboxylic acids is 1. The van der Waals surface area contributed by atoms with Crippen LogP contribution in [0.25, 0.3) is 0 Å². The van der Waals surface area contributed by atoms with E-state index in [1.54, 1.807) is 0 Å². The molecule has 18 heavy (non-hydrogen) atoms. The first-order valence-corrected chi connectivity index (χ1v) is 7.74. The average molecular weight is 252 g/mol.